The summed E-state index contributed by atoms with van der Waals surface area (Å²) in [6, 6.07) is 0. The molecule has 0 rings (SSSR count). The molecule has 4 heteroatoms. The van der Waals surface area contributed by atoms with Crippen molar-refractivity contribution in [3.63, 3.8) is 0 Å². The maximum atomic E-state index is 11.2. The van der Waals surface area contributed by atoms with Crippen molar-refractivity contribution in [3.8, 4) is 0 Å². The van der Waals surface area contributed by atoms with Gasteiger partial charge >= 0.3 is 5.97 Å². The molecule has 15 heavy (non-hydrogen) atoms. The third kappa shape index (κ3) is 11.3. The van der Waals surface area contributed by atoms with Crippen molar-refractivity contribution in [1.82, 2.24) is 0 Å². The quantitative estimate of drug-likeness (QED) is 0.481. The van der Waals surface area contributed by atoms with E-state index in [4.69, 9.17) is 14.2 Å². The van der Waals surface area contributed by atoms with Gasteiger partial charge in [-0.15, -0.1) is 0 Å². The molecule has 0 N–H and O–H groups in total. The highest BCUT2D eigenvalue weighted by atomic mass is 16.6. The van der Waals surface area contributed by atoms with Crippen LogP contribution in [-0.4, -0.2) is 39.5 Å². The molecule has 0 amide bonds. The van der Waals surface area contributed by atoms with Crippen molar-refractivity contribution in [2.75, 3.05) is 33.5 Å². The molecule has 0 spiro atoms. The van der Waals surface area contributed by atoms with Crippen LogP contribution in [0.3, 0.4) is 0 Å². The Morgan fingerprint density at radius 1 is 1.07 bits per heavy atom. The van der Waals surface area contributed by atoms with E-state index >= 15 is 0 Å². The summed E-state index contributed by atoms with van der Waals surface area (Å²) >= 11 is 0. The lowest BCUT2D eigenvalue weighted by Gasteiger charge is -2.16. The maximum absolute atomic E-state index is 11.2. The van der Waals surface area contributed by atoms with E-state index in [1.807, 2.05) is 20.8 Å². The lowest BCUT2D eigenvalue weighted by Crippen LogP contribution is -2.18. The van der Waals surface area contributed by atoms with Gasteiger partial charge < -0.3 is 14.2 Å². The first kappa shape index (κ1) is 14.4. The van der Waals surface area contributed by atoms with Gasteiger partial charge in [0.1, 0.15) is 6.61 Å². The monoisotopic (exact) mass is 218 g/mol. The molecule has 0 saturated carbocycles. The Hall–Kier alpha value is -0.610. The molecule has 0 fully saturated rings. The normalized spacial score (nSPS) is 11.5. The first-order valence-electron chi connectivity index (χ1n) is 5.18. The van der Waals surface area contributed by atoms with Gasteiger partial charge in [-0.25, -0.2) is 0 Å². The Bertz CT molecular complexity index is 172. The van der Waals surface area contributed by atoms with Crippen molar-refractivity contribution in [2.45, 2.75) is 27.2 Å². The summed E-state index contributed by atoms with van der Waals surface area (Å²) in [4.78, 5) is 11.2. The number of hydrogen-bond donors (Lipinski definition) is 0. The third-order valence-electron chi connectivity index (χ3n) is 1.60. The molecule has 0 aromatic carbocycles. The molecular formula is C11H22O4. The van der Waals surface area contributed by atoms with Crippen LogP contribution in [0.2, 0.25) is 0 Å². The van der Waals surface area contributed by atoms with Crippen molar-refractivity contribution >= 4 is 5.97 Å². The lowest BCUT2D eigenvalue weighted by atomic mass is 9.93. The van der Waals surface area contributed by atoms with Gasteiger partial charge in [-0.3, -0.25) is 4.79 Å². The minimum atomic E-state index is -0.169. The zero-order valence-corrected chi connectivity index (χ0v) is 10.2. The number of rotatable bonds is 7. The molecule has 0 aliphatic carbocycles. The Morgan fingerprint density at radius 3 is 2.20 bits per heavy atom. The Morgan fingerprint density at radius 2 is 1.67 bits per heavy atom. The van der Waals surface area contributed by atoms with Crippen molar-refractivity contribution in [2.24, 2.45) is 5.41 Å². The molecule has 0 heterocycles. The van der Waals surface area contributed by atoms with E-state index in [1.54, 1.807) is 7.11 Å². The minimum absolute atomic E-state index is 0.0199. The number of hydrogen-bond acceptors (Lipinski definition) is 4. The van der Waals surface area contributed by atoms with Crippen LogP contribution in [-0.2, 0) is 19.0 Å². The van der Waals surface area contributed by atoms with Gasteiger partial charge in [-0.05, 0) is 5.41 Å². The van der Waals surface area contributed by atoms with Crippen LogP contribution in [0.25, 0.3) is 0 Å². The Balaban J connectivity index is 3.32. The average molecular weight is 218 g/mol. The number of carbonyl (C=O) groups excluding carboxylic acids is 1. The highest BCUT2D eigenvalue weighted by Crippen LogP contribution is 2.18. The van der Waals surface area contributed by atoms with Crippen molar-refractivity contribution in [1.29, 1.82) is 0 Å². The summed E-state index contributed by atoms with van der Waals surface area (Å²) in [5.74, 6) is -0.169. The smallest absolute Gasteiger partial charge is 0.306 e. The van der Waals surface area contributed by atoms with E-state index in [9.17, 15) is 4.79 Å². The molecular weight excluding hydrogens is 196 g/mol. The second kappa shape index (κ2) is 7.65. The molecule has 0 aliphatic heterocycles. The van der Waals surface area contributed by atoms with Crippen LogP contribution in [0, 0.1) is 5.41 Å². The summed E-state index contributed by atoms with van der Waals surface area (Å²) in [5.41, 5.74) is -0.0199. The van der Waals surface area contributed by atoms with Gasteiger partial charge in [-0.2, -0.15) is 0 Å². The molecule has 0 saturated heterocycles. The third-order valence-corrected chi connectivity index (χ3v) is 1.60. The first-order valence-corrected chi connectivity index (χ1v) is 5.18. The molecule has 0 unspecified atom stereocenters. The molecule has 0 radical (unpaired) electrons. The molecule has 0 aliphatic rings. The number of carbonyl (C=O) groups is 1. The molecule has 0 aromatic rings. The second-order valence-electron chi connectivity index (χ2n) is 4.56. The molecule has 90 valence electrons. The zero-order valence-electron chi connectivity index (χ0n) is 10.2. The van der Waals surface area contributed by atoms with Crippen LogP contribution in [0.5, 0.6) is 0 Å². The lowest BCUT2D eigenvalue weighted by molar-refractivity contribution is -0.147. The highest BCUT2D eigenvalue weighted by molar-refractivity contribution is 5.70. The summed E-state index contributed by atoms with van der Waals surface area (Å²) in [6.07, 6.45) is 0.436. The fraction of sp³-hybridized carbons (Fsp3) is 0.909. The SMILES string of the molecule is COCCOCCOC(=O)CC(C)(C)C. The van der Waals surface area contributed by atoms with Gasteiger partial charge in [-0.1, -0.05) is 20.8 Å². The number of esters is 1. The topological polar surface area (TPSA) is 44.8 Å². The predicted molar refractivity (Wildman–Crippen MR) is 57.7 cm³/mol. The average Bonchev–Trinajstić information content (AvgIpc) is 2.08. The molecule has 0 bridgehead atoms. The zero-order chi connectivity index (χ0) is 11.7. The highest BCUT2D eigenvalue weighted by Gasteiger charge is 2.16. The minimum Gasteiger partial charge on any atom is -0.463 e. The molecule has 0 atom stereocenters. The first-order chi connectivity index (χ1) is 6.95. The largest absolute Gasteiger partial charge is 0.463 e. The van der Waals surface area contributed by atoms with E-state index in [0.29, 0.717) is 32.8 Å². The summed E-state index contributed by atoms with van der Waals surface area (Å²) in [5, 5.41) is 0. The molecule has 4 nitrogen and oxygen atoms in total. The summed E-state index contributed by atoms with van der Waals surface area (Å²) in [6.45, 7) is 7.86. The van der Waals surface area contributed by atoms with E-state index in [1.165, 1.54) is 0 Å². The predicted octanol–water partition coefficient (Wildman–Crippen LogP) is 1.63. The summed E-state index contributed by atoms with van der Waals surface area (Å²) < 4.78 is 14.9. The van der Waals surface area contributed by atoms with E-state index in [-0.39, 0.29) is 11.4 Å². The standard InChI is InChI=1S/C11H22O4/c1-11(2,3)9-10(12)15-8-7-14-6-5-13-4/h5-9H2,1-4H3. The van der Waals surface area contributed by atoms with Gasteiger partial charge in [0.25, 0.3) is 0 Å². The van der Waals surface area contributed by atoms with Gasteiger partial charge in [0, 0.05) is 7.11 Å². The van der Waals surface area contributed by atoms with Crippen LogP contribution >= 0.6 is 0 Å². The fourth-order valence-electron chi connectivity index (χ4n) is 0.943. The Labute approximate surface area is 91.9 Å². The maximum Gasteiger partial charge on any atom is 0.306 e. The van der Waals surface area contributed by atoms with Gasteiger partial charge in [0.2, 0.25) is 0 Å². The van der Waals surface area contributed by atoms with Crippen LogP contribution in [0.4, 0.5) is 0 Å². The van der Waals surface area contributed by atoms with E-state index in [2.05, 4.69) is 0 Å². The van der Waals surface area contributed by atoms with E-state index < -0.39 is 0 Å². The van der Waals surface area contributed by atoms with Crippen LogP contribution < -0.4 is 0 Å². The Kier molecular flexibility index (Phi) is 7.34. The van der Waals surface area contributed by atoms with Crippen LogP contribution in [0.15, 0.2) is 0 Å². The number of methoxy groups -OCH3 is 1. The summed E-state index contributed by atoms with van der Waals surface area (Å²) in [7, 11) is 1.62. The van der Waals surface area contributed by atoms with Crippen molar-refractivity contribution in [3.05, 3.63) is 0 Å². The second-order valence-corrected chi connectivity index (χ2v) is 4.56. The van der Waals surface area contributed by atoms with Crippen molar-refractivity contribution < 1.29 is 19.0 Å². The van der Waals surface area contributed by atoms with Crippen LogP contribution in [0.1, 0.15) is 27.2 Å². The van der Waals surface area contributed by atoms with Gasteiger partial charge in [0.05, 0.1) is 26.2 Å². The molecule has 0 aromatic heterocycles. The van der Waals surface area contributed by atoms with E-state index in [0.717, 1.165) is 0 Å². The number of ether oxygens (including phenoxy) is 3. The van der Waals surface area contributed by atoms with Gasteiger partial charge in [0.15, 0.2) is 0 Å². The fourth-order valence-corrected chi connectivity index (χ4v) is 0.943.